The monoisotopic (exact) mass is 403 g/mol. The van der Waals surface area contributed by atoms with Gasteiger partial charge in [-0.05, 0) is 0 Å². The molecule has 2 N–H and O–H groups in total. The molecule has 28 heavy (non-hydrogen) atoms. The third kappa shape index (κ3) is 3.69. The van der Waals surface area contributed by atoms with Crippen molar-refractivity contribution in [3.8, 4) is 0 Å². The van der Waals surface area contributed by atoms with Crippen LogP contribution in [0.2, 0.25) is 0 Å². The second-order valence-corrected chi connectivity index (χ2v) is 7.62. The van der Waals surface area contributed by atoms with Crippen LogP contribution in [0.15, 0.2) is 6.33 Å². The maximum absolute atomic E-state index is 13.5. The predicted octanol–water partition coefficient (Wildman–Crippen LogP) is 0.491. The van der Waals surface area contributed by atoms with Gasteiger partial charge in [-0.1, -0.05) is 0 Å². The molecule has 0 radical (unpaired) electrons. The standard InChI is InChI=1S/C16H21F4N7O/c17-15(18)2-4-27(12(28)5-15)11-7-26(6-10(11)21)14-23-9-22-13(24-14)25-3-1-16(19,20)8-25/h9-11H,1-8,21H2/t10-,11-/m0/s1. The lowest BCUT2D eigenvalue weighted by Gasteiger charge is -2.36. The van der Waals surface area contributed by atoms with Crippen LogP contribution in [0, 0.1) is 0 Å². The van der Waals surface area contributed by atoms with Gasteiger partial charge >= 0.3 is 0 Å². The minimum absolute atomic E-state index is 0.0522. The van der Waals surface area contributed by atoms with Crippen molar-refractivity contribution in [2.45, 2.75) is 43.2 Å². The molecule has 4 heterocycles. The van der Waals surface area contributed by atoms with Gasteiger partial charge < -0.3 is 20.4 Å². The number of anilines is 2. The Hall–Kier alpha value is -2.24. The van der Waals surface area contributed by atoms with E-state index in [1.807, 2.05) is 0 Å². The zero-order chi connectivity index (χ0) is 20.1. The number of rotatable bonds is 3. The highest BCUT2D eigenvalue weighted by Gasteiger charge is 2.45. The number of halogens is 4. The van der Waals surface area contributed by atoms with Crippen LogP contribution in [0.5, 0.6) is 0 Å². The molecule has 3 fully saturated rings. The van der Waals surface area contributed by atoms with E-state index in [0.29, 0.717) is 6.54 Å². The summed E-state index contributed by atoms with van der Waals surface area (Å²) < 4.78 is 53.8. The van der Waals surface area contributed by atoms with Gasteiger partial charge in [-0.2, -0.15) is 4.98 Å². The number of alkyl halides is 4. The molecule has 3 saturated heterocycles. The molecule has 3 aliphatic rings. The fraction of sp³-hybridized carbons (Fsp3) is 0.750. The summed E-state index contributed by atoms with van der Waals surface area (Å²) in [5.41, 5.74) is 6.16. The molecule has 0 bridgehead atoms. The summed E-state index contributed by atoms with van der Waals surface area (Å²) in [6, 6.07) is -0.882. The first kappa shape index (κ1) is 19.1. The third-order valence-electron chi connectivity index (χ3n) is 5.46. The molecule has 8 nitrogen and oxygen atoms in total. The molecule has 4 rings (SSSR count). The van der Waals surface area contributed by atoms with E-state index >= 15 is 0 Å². The van der Waals surface area contributed by atoms with Crippen molar-refractivity contribution in [3.05, 3.63) is 6.33 Å². The minimum atomic E-state index is -2.98. The van der Waals surface area contributed by atoms with E-state index in [1.165, 1.54) is 16.1 Å². The Morgan fingerprint density at radius 1 is 1.00 bits per heavy atom. The molecule has 154 valence electrons. The lowest BCUT2D eigenvalue weighted by atomic mass is 10.0. The first-order chi connectivity index (χ1) is 13.1. The van der Waals surface area contributed by atoms with Crippen molar-refractivity contribution < 1.29 is 22.4 Å². The quantitative estimate of drug-likeness (QED) is 0.735. The summed E-state index contributed by atoms with van der Waals surface area (Å²) in [5, 5.41) is 0. The number of amides is 1. The summed E-state index contributed by atoms with van der Waals surface area (Å²) in [4.78, 5) is 29.0. The molecule has 0 aromatic carbocycles. The van der Waals surface area contributed by atoms with Gasteiger partial charge in [0.25, 0.3) is 11.8 Å². The topological polar surface area (TPSA) is 91.5 Å². The zero-order valence-electron chi connectivity index (χ0n) is 15.1. The van der Waals surface area contributed by atoms with Gasteiger partial charge in [0.2, 0.25) is 17.8 Å². The summed E-state index contributed by atoms with van der Waals surface area (Å²) >= 11 is 0. The molecule has 0 aliphatic carbocycles. The van der Waals surface area contributed by atoms with Crippen molar-refractivity contribution >= 4 is 17.8 Å². The number of carbonyl (C=O) groups excluding carboxylic acids is 1. The zero-order valence-corrected chi connectivity index (χ0v) is 15.1. The van der Waals surface area contributed by atoms with Crippen LogP contribution in [0.1, 0.15) is 19.3 Å². The van der Waals surface area contributed by atoms with Crippen LogP contribution >= 0.6 is 0 Å². The smallest absolute Gasteiger partial charge is 0.267 e. The van der Waals surface area contributed by atoms with Crippen molar-refractivity contribution in [3.63, 3.8) is 0 Å². The number of piperidine rings is 1. The van der Waals surface area contributed by atoms with Gasteiger partial charge in [-0.25, -0.2) is 27.5 Å². The van der Waals surface area contributed by atoms with E-state index in [0.717, 1.165) is 0 Å². The van der Waals surface area contributed by atoms with Crippen molar-refractivity contribution in [2.75, 3.05) is 42.5 Å². The van der Waals surface area contributed by atoms with Crippen molar-refractivity contribution in [1.82, 2.24) is 19.9 Å². The van der Waals surface area contributed by atoms with E-state index < -0.39 is 42.8 Å². The summed E-state index contributed by atoms with van der Waals surface area (Å²) in [6.07, 6.45) is -0.206. The lowest BCUT2D eigenvalue weighted by molar-refractivity contribution is -0.150. The molecule has 1 aromatic heterocycles. The number of nitrogens with two attached hydrogens (primary N) is 1. The average Bonchev–Trinajstić information content (AvgIpc) is 3.17. The molecule has 3 aliphatic heterocycles. The molecule has 0 saturated carbocycles. The highest BCUT2D eigenvalue weighted by atomic mass is 19.3. The molecule has 12 heteroatoms. The van der Waals surface area contributed by atoms with Crippen LogP contribution in [-0.4, -0.2) is 82.4 Å². The van der Waals surface area contributed by atoms with Gasteiger partial charge in [-0.15, -0.1) is 0 Å². The molecule has 1 amide bonds. The first-order valence-electron chi connectivity index (χ1n) is 9.13. The van der Waals surface area contributed by atoms with Crippen LogP contribution in [0.4, 0.5) is 29.5 Å². The molecule has 2 atom stereocenters. The fourth-order valence-corrected chi connectivity index (χ4v) is 3.97. The Kier molecular flexibility index (Phi) is 4.55. The number of carbonyl (C=O) groups is 1. The molecular weight excluding hydrogens is 382 g/mol. The number of hydrogen-bond acceptors (Lipinski definition) is 7. The Morgan fingerprint density at radius 2 is 1.68 bits per heavy atom. The van der Waals surface area contributed by atoms with Crippen LogP contribution in [0.3, 0.4) is 0 Å². The number of aromatic nitrogens is 3. The molecular formula is C16H21F4N7O. The second kappa shape index (κ2) is 6.68. The largest absolute Gasteiger partial charge is 0.337 e. The Bertz CT molecular complexity index is 764. The first-order valence-corrected chi connectivity index (χ1v) is 9.13. The molecule has 1 aromatic rings. The minimum Gasteiger partial charge on any atom is -0.337 e. The van der Waals surface area contributed by atoms with E-state index in [1.54, 1.807) is 4.90 Å². The second-order valence-electron chi connectivity index (χ2n) is 7.62. The molecule has 0 unspecified atom stereocenters. The number of hydrogen-bond donors (Lipinski definition) is 1. The van der Waals surface area contributed by atoms with Gasteiger partial charge in [0, 0.05) is 45.1 Å². The third-order valence-corrected chi connectivity index (χ3v) is 5.46. The number of likely N-dealkylation sites (tertiary alicyclic amines) is 1. The van der Waals surface area contributed by atoms with E-state index in [2.05, 4.69) is 15.0 Å². The summed E-state index contributed by atoms with van der Waals surface area (Å²) in [7, 11) is 0. The van der Waals surface area contributed by atoms with E-state index in [4.69, 9.17) is 5.73 Å². The maximum Gasteiger partial charge on any atom is 0.267 e. The summed E-state index contributed by atoms with van der Waals surface area (Å²) in [5.74, 6) is -5.93. The number of nitrogens with zero attached hydrogens (tertiary/aromatic N) is 6. The van der Waals surface area contributed by atoms with Crippen molar-refractivity contribution in [2.24, 2.45) is 5.73 Å². The Labute approximate surface area is 158 Å². The van der Waals surface area contributed by atoms with Crippen molar-refractivity contribution in [1.29, 1.82) is 0 Å². The van der Waals surface area contributed by atoms with Crippen LogP contribution < -0.4 is 15.5 Å². The van der Waals surface area contributed by atoms with Gasteiger partial charge in [0.15, 0.2) is 0 Å². The van der Waals surface area contributed by atoms with Gasteiger partial charge in [0.05, 0.1) is 19.0 Å². The van der Waals surface area contributed by atoms with Gasteiger partial charge in [0.1, 0.15) is 6.33 Å². The maximum atomic E-state index is 13.5. The Morgan fingerprint density at radius 3 is 2.32 bits per heavy atom. The van der Waals surface area contributed by atoms with E-state index in [9.17, 15) is 22.4 Å². The van der Waals surface area contributed by atoms with E-state index in [-0.39, 0.29) is 44.4 Å². The SMILES string of the molecule is N[C@H]1CN(c2ncnc(N3CCC(F)(F)C3)n2)C[C@@H]1N1CCC(F)(F)CC1=O. The van der Waals surface area contributed by atoms with Gasteiger partial charge in [-0.3, -0.25) is 4.79 Å². The highest BCUT2D eigenvalue weighted by molar-refractivity contribution is 5.78. The fourth-order valence-electron chi connectivity index (χ4n) is 3.97. The lowest BCUT2D eigenvalue weighted by Crippen LogP contribution is -2.54. The van der Waals surface area contributed by atoms with Crippen LogP contribution in [-0.2, 0) is 4.79 Å². The Balaban J connectivity index is 1.46. The predicted molar refractivity (Wildman–Crippen MR) is 91.5 cm³/mol. The normalized spacial score (nSPS) is 29.6. The molecule has 0 spiro atoms. The summed E-state index contributed by atoms with van der Waals surface area (Å²) in [6.45, 7) is 0.260. The van der Waals surface area contributed by atoms with Crippen LogP contribution in [0.25, 0.3) is 0 Å². The highest BCUT2D eigenvalue weighted by Crippen LogP contribution is 2.32. The average molecular weight is 403 g/mol.